The lowest BCUT2D eigenvalue weighted by atomic mass is 10.1. The van der Waals surface area contributed by atoms with E-state index in [0.29, 0.717) is 16.8 Å². The van der Waals surface area contributed by atoms with Crippen LogP contribution >= 0.6 is 12.4 Å². The summed E-state index contributed by atoms with van der Waals surface area (Å²) in [5.74, 6) is 0.0681. The molecule has 0 bridgehead atoms. The van der Waals surface area contributed by atoms with E-state index in [9.17, 15) is 9.90 Å². The van der Waals surface area contributed by atoms with Crippen molar-refractivity contribution < 1.29 is 14.6 Å². The van der Waals surface area contributed by atoms with Crippen LogP contribution in [0.2, 0.25) is 0 Å². The number of aromatic amines is 1. The number of amides is 1. The van der Waals surface area contributed by atoms with Gasteiger partial charge >= 0.3 is 0 Å². The Hall–Kier alpha value is -3.12. The topological polar surface area (TPSA) is 105 Å². The SMILES string of the molecule is CN(C)C=O.Cl.N#Cc1ccc2[nH]c(O)c(-c3ccc(CN4CCOCC4)cn3)c2c1. The number of ether oxygens (including phenoxy) is 1. The maximum atomic E-state index is 10.3. The largest absolute Gasteiger partial charge is 0.494 e. The molecule has 31 heavy (non-hydrogen) atoms. The molecule has 0 aliphatic carbocycles. The van der Waals surface area contributed by atoms with Crippen LogP contribution in [0.4, 0.5) is 0 Å². The number of fused-ring (bicyclic) bond motifs is 1. The quantitative estimate of drug-likeness (QED) is 0.600. The van der Waals surface area contributed by atoms with Gasteiger partial charge < -0.3 is 19.7 Å². The van der Waals surface area contributed by atoms with Crippen molar-refractivity contribution in [1.82, 2.24) is 19.8 Å². The molecule has 4 rings (SSSR count). The van der Waals surface area contributed by atoms with Gasteiger partial charge in [0.25, 0.3) is 0 Å². The number of nitriles is 1. The fraction of sp³-hybridized carbons (Fsp3) is 0.318. The molecule has 1 amide bonds. The lowest BCUT2D eigenvalue weighted by Gasteiger charge is -2.26. The third kappa shape index (κ3) is 6.18. The van der Waals surface area contributed by atoms with E-state index < -0.39 is 0 Å². The van der Waals surface area contributed by atoms with Crippen molar-refractivity contribution in [3.8, 4) is 23.2 Å². The molecule has 2 N–H and O–H groups in total. The van der Waals surface area contributed by atoms with Gasteiger partial charge in [-0.15, -0.1) is 12.4 Å². The molecule has 1 aliphatic heterocycles. The van der Waals surface area contributed by atoms with E-state index in [1.54, 1.807) is 32.3 Å². The number of rotatable bonds is 4. The minimum Gasteiger partial charge on any atom is -0.494 e. The van der Waals surface area contributed by atoms with Gasteiger partial charge in [-0.25, -0.2) is 0 Å². The van der Waals surface area contributed by atoms with Gasteiger partial charge in [-0.05, 0) is 29.8 Å². The van der Waals surface area contributed by atoms with E-state index in [4.69, 9.17) is 10.00 Å². The lowest BCUT2D eigenvalue weighted by Crippen LogP contribution is -2.35. The molecule has 3 aromatic rings. The van der Waals surface area contributed by atoms with Crippen LogP contribution in [0.25, 0.3) is 22.2 Å². The first-order chi connectivity index (χ1) is 14.5. The molecule has 1 aromatic carbocycles. The molecule has 0 unspecified atom stereocenters. The Kier molecular flexibility index (Phi) is 8.82. The molecule has 164 valence electrons. The molecule has 1 saturated heterocycles. The third-order valence-corrected chi connectivity index (χ3v) is 4.71. The van der Waals surface area contributed by atoms with Gasteiger partial charge in [-0.2, -0.15) is 5.26 Å². The summed E-state index contributed by atoms with van der Waals surface area (Å²) in [6.07, 6.45) is 2.59. The highest BCUT2D eigenvalue weighted by Gasteiger charge is 2.15. The summed E-state index contributed by atoms with van der Waals surface area (Å²) >= 11 is 0. The number of nitrogens with one attached hydrogen (secondary N) is 1. The molecule has 9 heteroatoms. The van der Waals surface area contributed by atoms with Crippen molar-refractivity contribution in [2.75, 3.05) is 40.4 Å². The van der Waals surface area contributed by atoms with Crippen molar-refractivity contribution in [3.05, 3.63) is 47.7 Å². The molecule has 2 aromatic heterocycles. The van der Waals surface area contributed by atoms with E-state index in [1.165, 1.54) is 4.90 Å². The maximum absolute atomic E-state index is 10.3. The Morgan fingerprint density at radius 1 is 1.29 bits per heavy atom. The van der Waals surface area contributed by atoms with Crippen LogP contribution < -0.4 is 0 Å². The zero-order valence-electron chi connectivity index (χ0n) is 17.5. The van der Waals surface area contributed by atoms with Gasteiger partial charge in [0.1, 0.15) is 0 Å². The number of hydrogen-bond acceptors (Lipinski definition) is 6. The lowest BCUT2D eigenvalue weighted by molar-refractivity contribution is -0.115. The Bertz CT molecular complexity index is 1040. The first-order valence-electron chi connectivity index (χ1n) is 9.63. The summed E-state index contributed by atoms with van der Waals surface area (Å²) in [6.45, 7) is 4.25. The minimum atomic E-state index is 0. The Morgan fingerprint density at radius 3 is 2.58 bits per heavy atom. The van der Waals surface area contributed by atoms with E-state index in [1.807, 2.05) is 18.3 Å². The number of H-pyrrole nitrogens is 1. The molecule has 0 saturated carbocycles. The predicted octanol–water partition coefficient (Wildman–Crippen LogP) is 2.77. The van der Waals surface area contributed by atoms with Gasteiger partial charge in [0, 0.05) is 50.8 Å². The van der Waals surface area contributed by atoms with Crippen LogP contribution in [-0.4, -0.2) is 71.7 Å². The molecule has 8 nitrogen and oxygen atoms in total. The monoisotopic (exact) mass is 443 g/mol. The number of aromatic nitrogens is 2. The average molecular weight is 444 g/mol. The third-order valence-electron chi connectivity index (χ3n) is 4.71. The van der Waals surface area contributed by atoms with Crippen LogP contribution in [0.3, 0.4) is 0 Å². The molecule has 1 aliphatic rings. The summed E-state index contributed by atoms with van der Waals surface area (Å²) in [7, 11) is 3.38. The predicted molar refractivity (Wildman–Crippen MR) is 121 cm³/mol. The maximum Gasteiger partial charge on any atom is 0.209 e. The number of nitrogens with zero attached hydrogens (tertiary/aromatic N) is 4. The molecule has 0 radical (unpaired) electrons. The van der Waals surface area contributed by atoms with Crippen LogP contribution in [0.15, 0.2) is 36.5 Å². The summed E-state index contributed by atoms with van der Waals surface area (Å²) in [6, 6.07) is 11.4. The van der Waals surface area contributed by atoms with E-state index >= 15 is 0 Å². The van der Waals surface area contributed by atoms with Crippen LogP contribution in [0, 0.1) is 11.3 Å². The number of halogens is 1. The van der Waals surface area contributed by atoms with E-state index in [0.717, 1.165) is 55.7 Å². The average Bonchev–Trinajstić information content (AvgIpc) is 3.10. The van der Waals surface area contributed by atoms with Crippen molar-refractivity contribution in [2.24, 2.45) is 0 Å². The highest BCUT2D eigenvalue weighted by atomic mass is 35.5. The number of carbonyl (C=O) groups is 1. The summed E-state index contributed by atoms with van der Waals surface area (Å²) < 4.78 is 5.37. The first-order valence-corrected chi connectivity index (χ1v) is 9.63. The van der Waals surface area contributed by atoms with E-state index in [2.05, 4.69) is 20.9 Å². The van der Waals surface area contributed by atoms with Crippen molar-refractivity contribution >= 4 is 29.7 Å². The van der Waals surface area contributed by atoms with Crippen molar-refractivity contribution in [1.29, 1.82) is 5.26 Å². The van der Waals surface area contributed by atoms with Gasteiger partial charge in [-0.3, -0.25) is 14.7 Å². The number of aromatic hydroxyl groups is 1. The van der Waals surface area contributed by atoms with Crippen LogP contribution in [-0.2, 0) is 16.1 Å². The standard InChI is InChI=1S/C19H18N4O2.C3H7NO.ClH/c20-10-13-1-3-16-15(9-13)18(19(24)22-16)17-4-2-14(11-21-17)12-23-5-7-25-8-6-23;1-4(2)3-5;/h1-4,9,11,22,24H,5-8,12H2;3H,1-2H3;1H. The molecule has 0 atom stereocenters. The normalized spacial score (nSPS) is 13.5. The number of benzene rings is 1. The van der Waals surface area contributed by atoms with Gasteiger partial charge in [0.05, 0.1) is 36.1 Å². The number of pyridine rings is 1. The zero-order chi connectivity index (χ0) is 21.5. The second kappa shape index (κ2) is 11.3. The second-order valence-corrected chi connectivity index (χ2v) is 7.23. The summed E-state index contributed by atoms with van der Waals surface area (Å²) in [4.78, 5) is 20.7. The summed E-state index contributed by atoms with van der Waals surface area (Å²) in [5, 5.41) is 20.2. The Labute approximate surface area is 187 Å². The fourth-order valence-corrected chi connectivity index (χ4v) is 3.19. The Morgan fingerprint density at radius 2 is 2.00 bits per heavy atom. The number of carbonyl (C=O) groups excluding carboxylic acids is 1. The van der Waals surface area contributed by atoms with Crippen LogP contribution in [0.5, 0.6) is 5.88 Å². The van der Waals surface area contributed by atoms with Gasteiger partial charge in [-0.1, -0.05) is 6.07 Å². The van der Waals surface area contributed by atoms with Gasteiger partial charge in [0.15, 0.2) is 5.88 Å². The van der Waals surface area contributed by atoms with E-state index in [-0.39, 0.29) is 18.3 Å². The molecule has 1 fully saturated rings. The first kappa shape index (κ1) is 24.2. The second-order valence-electron chi connectivity index (χ2n) is 7.23. The smallest absolute Gasteiger partial charge is 0.209 e. The molecule has 0 spiro atoms. The minimum absolute atomic E-state index is 0. The summed E-state index contributed by atoms with van der Waals surface area (Å²) in [5.41, 5.74) is 3.78. The van der Waals surface area contributed by atoms with Crippen molar-refractivity contribution in [2.45, 2.75) is 6.54 Å². The Balaban J connectivity index is 0.000000514. The molecular weight excluding hydrogens is 418 g/mol. The molecular formula is C22H26ClN5O3. The fourth-order valence-electron chi connectivity index (χ4n) is 3.19. The van der Waals surface area contributed by atoms with Crippen molar-refractivity contribution in [3.63, 3.8) is 0 Å². The number of morpholine rings is 1. The van der Waals surface area contributed by atoms with Crippen LogP contribution in [0.1, 0.15) is 11.1 Å². The molecule has 3 heterocycles. The zero-order valence-corrected chi connectivity index (χ0v) is 18.4. The number of hydrogen-bond donors (Lipinski definition) is 2. The highest BCUT2D eigenvalue weighted by molar-refractivity contribution is 5.98. The highest BCUT2D eigenvalue weighted by Crippen LogP contribution is 2.36. The van der Waals surface area contributed by atoms with Gasteiger partial charge in [0.2, 0.25) is 6.41 Å².